The zero-order valence-corrected chi connectivity index (χ0v) is 19.0. The minimum atomic E-state index is -0.506. The molecule has 1 aromatic carbocycles. The van der Waals surface area contributed by atoms with E-state index in [4.69, 9.17) is 14.2 Å². The lowest BCUT2D eigenvalue weighted by Gasteiger charge is -2.35. The van der Waals surface area contributed by atoms with Gasteiger partial charge in [0.1, 0.15) is 17.1 Å². The van der Waals surface area contributed by atoms with Crippen molar-refractivity contribution in [2.45, 2.75) is 52.1 Å². The summed E-state index contributed by atoms with van der Waals surface area (Å²) in [5.41, 5.74) is -0.506. The van der Waals surface area contributed by atoms with E-state index in [0.29, 0.717) is 32.5 Å². The van der Waals surface area contributed by atoms with Crippen LogP contribution in [0.5, 0.6) is 11.5 Å². The fraction of sp³-hybridized carbons (Fsp3) is 0.652. The Morgan fingerprint density at radius 3 is 2.47 bits per heavy atom. The summed E-state index contributed by atoms with van der Waals surface area (Å²) in [6, 6.07) is 7.42. The SMILES string of the molecule is COc1ccc(OCCCC(=O)N2CCCC(CN(C)C(=O)OC(C)(C)C)C2)cc1. The molecule has 0 aliphatic carbocycles. The molecule has 1 aromatic rings. The molecule has 1 fully saturated rings. The average Bonchev–Trinajstić information content (AvgIpc) is 2.70. The number of ether oxygens (including phenoxy) is 3. The predicted octanol–water partition coefficient (Wildman–Crippen LogP) is 3.96. The number of carbonyl (C=O) groups is 2. The lowest BCUT2D eigenvalue weighted by Crippen LogP contribution is -2.45. The van der Waals surface area contributed by atoms with Crippen LogP contribution < -0.4 is 9.47 Å². The average molecular weight is 421 g/mol. The molecule has 1 saturated heterocycles. The third-order valence-corrected chi connectivity index (χ3v) is 4.97. The van der Waals surface area contributed by atoms with Crippen molar-refractivity contribution in [2.75, 3.05) is 40.4 Å². The molecule has 7 heteroatoms. The molecule has 30 heavy (non-hydrogen) atoms. The normalized spacial score (nSPS) is 16.7. The number of hydrogen-bond donors (Lipinski definition) is 0. The molecule has 0 saturated carbocycles. The first-order chi connectivity index (χ1) is 14.2. The third-order valence-electron chi connectivity index (χ3n) is 4.97. The molecule has 1 heterocycles. The van der Waals surface area contributed by atoms with E-state index in [2.05, 4.69) is 0 Å². The number of hydrogen-bond acceptors (Lipinski definition) is 5. The number of methoxy groups -OCH3 is 1. The lowest BCUT2D eigenvalue weighted by molar-refractivity contribution is -0.133. The number of likely N-dealkylation sites (tertiary alicyclic amines) is 1. The molecular formula is C23H36N2O5. The van der Waals surface area contributed by atoms with Crippen molar-refractivity contribution in [3.63, 3.8) is 0 Å². The summed E-state index contributed by atoms with van der Waals surface area (Å²) < 4.78 is 16.2. The number of amides is 2. The van der Waals surface area contributed by atoms with Gasteiger partial charge in [0.15, 0.2) is 0 Å². The predicted molar refractivity (Wildman–Crippen MR) is 116 cm³/mol. The number of rotatable bonds is 8. The van der Waals surface area contributed by atoms with Crippen molar-refractivity contribution >= 4 is 12.0 Å². The summed E-state index contributed by atoms with van der Waals surface area (Å²) in [4.78, 5) is 28.3. The number of benzene rings is 1. The lowest BCUT2D eigenvalue weighted by atomic mass is 9.97. The molecule has 0 N–H and O–H groups in total. The van der Waals surface area contributed by atoms with Gasteiger partial charge in [-0.1, -0.05) is 0 Å². The second-order valence-corrected chi connectivity index (χ2v) is 8.84. The topological polar surface area (TPSA) is 68.3 Å². The van der Waals surface area contributed by atoms with Gasteiger partial charge in [0.05, 0.1) is 13.7 Å². The van der Waals surface area contributed by atoms with Crippen molar-refractivity contribution in [1.29, 1.82) is 0 Å². The van der Waals surface area contributed by atoms with Crippen LogP contribution in [-0.2, 0) is 9.53 Å². The molecule has 168 valence electrons. The third kappa shape index (κ3) is 8.13. The van der Waals surface area contributed by atoms with E-state index in [1.807, 2.05) is 49.9 Å². The summed E-state index contributed by atoms with van der Waals surface area (Å²) in [5, 5.41) is 0. The zero-order chi connectivity index (χ0) is 22.1. The quantitative estimate of drug-likeness (QED) is 0.596. The molecule has 1 atom stereocenters. The van der Waals surface area contributed by atoms with E-state index < -0.39 is 5.60 Å². The molecule has 2 rings (SSSR count). The van der Waals surface area contributed by atoms with E-state index in [-0.39, 0.29) is 17.9 Å². The highest BCUT2D eigenvalue weighted by Gasteiger charge is 2.27. The smallest absolute Gasteiger partial charge is 0.410 e. The van der Waals surface area contributed by atoms with Crippen LogP contribution in [0.15, 0.2) is 24.3 Å². The summed E-state index contributed by atoms with van der Waals surface area (Å²) in [6.07, 6.45) is 2.79. The molecule has 1 aliphatic heterocycles. The van der Waals surface area contributed by atoms with Crippen molar-refractivity contribution < 1.29 is 23.8 Å². The van der Waals surface area contributed by atoms with E-state index >= 15 is 0 Å². The van der Waals surface area contributed by atoms with Gasteiger partial charge in [-0.3, -0.25) is 4.79 Å². The van der Waals surface area contributed by atoms with Crippen LogP contribution in [0.4, 0.5) is 4.79 Å². The molecular weight excluding hydrogens is 384 g/mol. The minimum absolute atomic E-state index is 0.151. The highest BCUT2D eigenvalue weighted by molar-refractivity contribution is 5.76. The molecule has 0 spiro atoms. The second kappa shape index (κ2) is 11.1. The van der Waals surface area contributed by atoms with Crippen LogP contribution in [0.2, 0.25) is 0 Å². The van der Waals surface area contributed by atoms with Crippen molar-refractivity contribution in [2.24, 2.45) is 5.92 Å². The zero-order valence-electron chi connectivity index (χ0n) is 19.0. The molecule has 0 bridgehead atoms. The molecule has 1 unspecified atom stereocenters. The van der Waals surface area contributed by atoms with Crippen molar-refractivity contribution in [1.82, 2.24) is 9.80 Å². The highest BCUT2D eigenvalue weighted by atomic mass is 16.6. The van der Waals surface area contributed by atoms with Gasteiger partial charge >= 0.3 is 6.09 Å². The fourth-order valence-corrected chi connectivity index (χ4v) is 3.49. The molecule has 0 radical (unpaired) electrons. The first-order valence-electron chi connectivity index (χ1n) is 10.7. The van der Waals surface area contributed by atoms with Gasteiger partial charge in [-0.25, -0.2) is 4.79 Å². The molecule has 2 amide bonds. The maximum absolute atomic E-state index is 12.6. The van der Waals surface area contributed by atoms with Crippen LogP contribution in [0.3, 0.4) is 0 Å². The Morgan fingerprint density at radius 1 is 1.17 bits per heavy atom. The largest absolute Gasteiger partial charge is 0.497 e. The first kappa shape index (κ1) is 23.8. The molecule has 0 aromatic heterocycles. The van der Waals surface area contributed by atoms with Crippen LogP contribution in [0.1, 0.15) is 46.5 Å². The van der Waals surface area contributed by atoms with E-state index in [1.165, 1.54) is 0 Å². The Morgan fingerprint density at radius 2 is 1.83 bits per heavy atom. The Hall–Kier alpha value is -2.44. The van der Waals surface area contributed by atoms with E-state index in [1.54, 1.807) is 19.1 Å². The monoisotopic (exact) mass is 420 g/mol. The number of carbonyl (C=O) groups excluding carboxylic acids is 2. The van der Waals surface area contributed by atoms with Crippen molar-refractivity contribution in [3.05, 3.63) is 24.3 Å². The van der Waals surface area contributed by atoms with Crippen LogP contribution in [0.25, 0.3) is 0 Å². The summed E-state index contributed by atoms with van der Waals surface area (Å²) in [5.74, 6) is 1.98. The van der Waals surface area contributed by atoms with Gasteiger partial charge in [-0.05, 0) is 70.2 Å². The summed E-state index contributed by atoms with van der Waals surface area (Å²) >= 11 is 0. The summed E-state index contributed by atoms with van der Waals surface area (Å²) in [6.45, 7) is 8.14. The highest BCUT2D eigenvalue weighted by Crippen LogP contribution is 2.20. The van der Waals surface area contributed by atoms with Crippen LogP contribution in [-0.4, -0.2) is 67.8 Å². The van der Waals surface area contributed by atoms with Gasteiger partial charge in [0, 0.05) is 33.1 Å². The minimum Gasteiger partial charge on any atom is -0.497 e. The van der Waals surface area contributed by atoms with E-state index in [9.17, 15) is 9.59 Å². The van der Waals surface area contributed by atoms with Gasteiger partial charge in [0.25, 0.3) is 0 Å². The Labute approximate surface area is 180 Å². The van der Waals surface area contributed by atoms with Gasteiger partial charge < -0.3 is 24.0 Å². The second-order valence-electron chi connectivity index (χ2n) is 8.84. The van der Waals surface area contributed by atoms with Gasteiger partial charge in [0.2, 0.25) is 5.91 Å². The van der Waals surface area contributed by atoms with Crippen LogP contribution >= 0.6 is 0 Å². The first-order valence-corrected chi connectivity index (χ1v) is 10.7. The number of piperidine rings is 1. The number of nitrogens with zero attached hydrogens (tertiary/aromatic N) is 2. The standard InChI is InChI=1S/C23H36N2O5/c1-23(2,3)30-22(27)24(4)16-18-8-6-14-25(17-18)21(26)9-7-15-29-20-12-10-19(28-5)11-13-20/h10-13,18H,6-9,14-17H2,1-5H3. The fourth-order valence-electron chi connectivity index (χ4n) is 3.49. The maximum atomic E-state index is 12.6. The Bertz CT molecular complexity index is 684. The maximum Gasteiger partial charge on any atom is 0.410 e. The Kier molecular flexibility index (Phi) is 8.81. The molecule has 1 aliphatic rings. The Balaban J connectivity index is 1.70. The van der Waals surface area contributed by atoms with Crippen LogP contribution in [0, 0.1) is 5.92 Å². The molecule has 7 nitrogen and oxygen atoms in total. The van der Waals surface area contributed by atoms with E-state index in [0.717, 1.165) is 30.9 Å². The van der Waals surface area contributed by atoms with Gasteiger partial charge in [-0.2, -0.15) is 0 Å². The van der Waals surface area contributed by atoms with Gasteiger partial charge in [-0.15, -0.1) is 0 Å². The van der Waals surface area contributed by atoms with Crippen molar-refractivity contribution in [3.8, 4) is 11.5 Å². The summed E-state index contributed by atoms with van der Waals surface area (Å²) in [7, 11) is 3.38.